The number of carbonyl (C=O) groups is 1. The van der Waals surface area contributed by atoms with E-state index < -0.39 is 15.8 Å². The van der Waals surface area contributed by atoms with E-state index in [1.165, 1.54) is 6.07 Å². The normalized spacial score (nSPS) is 20.3. The van der Waals surface area contributed by atoms with Gasteiger partial charge in [-0.3, -0.25) is 4.79 Å². The van der Waals surface area contributed by atoms with Gasteiger partial charge < -0.3 is 4.90 Å². The zero-order valence-corrected chi connectivity index (χ0v) is 16.2. The Morgan fingerprint density at radius 1 is 1.19 bits per heavy atom. The molecule has 27 heavy (non-hydrogen) atoms. The molecule has 2 aromatic rings. The van der Waals surface area contributed by atoms with Crippen molar-refractivity contribution in [3.8, 4) is 0 Å². The standard InChI is InChI=1S/C19H18ClFN2O3S/c1-12-2-4-15-13(8-12)6-7-23-18(15)10-22(11-19(23)24)27(25,26)14-3-5-17(21)16(20)9-14/h2-5,8-9,18H,6-7,10-11H2,1H3. The minimum absolute atomic E-state index is 0.116. The molecule has 4 rings (SSSR count). The van der Waals surface area contributed by atoms with Crippen molar-refractivity contribution < 1.29 is 17.6 Å². The molecule has 0 radical (unpaired) electrons. The average Bonchev–Trinajstić information content (AvgIpc) is 2.63. The molecule has 0 aliphatic carbocycles. The van der Waals surface area contributed by atoms with E-state index >= 15 is 0 Å². The summed E-state index contributed by atoms with van der Waals surface area (Å²) in [5.74, 6) is -0.914. The van der Waals surface area contributed by atoms with Gasteiger partial charge in [-0.2, -0.15) is 4.31 Å². The number of hydrogen-bond acceptors (Lipinski definition) is 3. The van der Waals surface area contributed by atoms with E-state index in [4.69, 9.17) is 11.6 Å². The van der Waals surface area contributed by atoms with Gasteiger partial charge in [0.1, 0.15) is 5.82 Å². The van der Waals surface area contributed by atoms with Gasteiger partial charge in [-0.15, -0.1) is 0 Å². The molecule has 1 amide bonds. The second-order valence-electron chi connectivity index (χ2n) is 6.93. The van der Waals surface area contributed by atoms with Crippen molar-refractivity contribution in [2.75, 3.05) is 19.6 Å². The molecule has 0 N–H and O–H groups in total. The fourth-order valence-corrected chi connectivity index (χ4v) is 5.47. The highest BCUT2D eigenvalue weighted by atomic mass is 35.5. The zero-order chi connectivity index (χ0) is 19.3. The maximum atomic E-state index is 13.4. The van der Waals surface area contributed by atoms with Crippen LogP contribution in [0, 0.1) is 12.7 Å². The van der Waals surface area contributed by atoms with Gasteiger partial charge in [0.2, 0.25) is 15.9 Å². The lowest BCUT2D eigenvalue weighted by molar-refractivity contribution is -0.138. The minimum Gasteiger partial charge on any atom is -0.333 e. The predicted octanol–water partition coefficient (Wildman–Crippen LogP) is 2.92. The number of piperazine rings is 1. The van der Waals surface area contributed by atoms with Crippen molar-refractivity contribution >= 4 is 27.5 Å². The van der Waals surface area contributed by atoms with E-state index in [0.717, 1.165) is 39.5 Å². The number of sulfonamides is 1. The molecule has 0 aromatic heterocycles. The second-order valence-corrected chi connectivity index (χ2v) is 9.27. The van der Waals surface area contributed by atoms with Crippen LogP contribution in [0.4, 0.5) is 4.39 Å². The molecule has 2 aliphatic rings. The van der Waals surface area contributed by atoms with Crippen LogP contribution < -0.4 is 0 Å². The van der Waals surface area contributed by atoms with Crippen LogP contribution in [0.1, 0.15) is 22.7 Å². The summed E-state index contributed by atoms with van der Waals surface area (Å²) in [5.41, 5.74) is 3.26. The van der Waals surface area contributed by atoms with Crippen LogP contribution in [0.5, 0.6) is 0 Å². The lowest BCUT2D eigenvalue weighted by Crippen LogP contribution is -2.55. The van der Waals surface area contributed by atoms with Gasteiger partial charge in [-0.1, -0.05) is 35.4 Å². The van der Waals surface area contributed by atoms with E-state index in [-0.39, 0.29) is 35.0 Å². The number of nitrogens with zero attached hydrogens (tertiary/aromatic N) is 2. The fourth-order valence-electron chi connectivity index (χ4n) is 3.80. The molecule has 142 valence electrons. The summed E-state index contributed by atoms with van der Waals surface area (Å²) >= 11 is 5.75. The van der Waals surface area contributed by atoms with Crippen LogP contribution in [0.2, 0.25) is 5.02 Å². The molecule has 0 saturated carbocycles. The molecule has 0 bridgehead atoms. The Kier molecular flexibility index (Phi) is 4.49. The molecule has 1 atom stereocenters. The van der Waals surface area contributed by atoms with E-state index in [1.54, 1.807) is 4.90 Å². The van der Waals surface area contributed by atoms with Gasteiger partial charge in [0.15, 0.2) is 0 Å². The first-order chi connectivity index (χ1) is 12.8. The van der Waals surface area contributed by atoms with Crippen molar-refractivity contribution in [3.63, 3.8) is 0 Å². The summed E-state index contributed by atoms with van der Waals surface area (Å²) in [4.78, 5) is 14.3. The smallest absolute Gasteiger partial charge is 0.243 e. The average molecular weight is 409 g/mol. The Morgan fingerprint density at radius 3 is 2.70 bits per heavy atom. The Balaban J connectivity index is 1.71. The summed E-state index contributed by atoms with van der Waals surface area (Å²) in [7, 11) is -3.96. The van der Waals surface area contributed by atoms with Crippen LogP contribution in [-0.4, -0.2) is 43.2 Å². The highest BCUT2D eigenvalue weighted by Gasteiger charge is 2.41. The molecule has 5 nitrogen and oxygen atoms in total. The lowest BCUT2D eigenvalue weighted by Gasteiger charge is -2.44. The van der Waals surface area contributed by atoms with Crippen LogP contribution >= 0.6 is 11.6 Å². The first-order valence-corrected chi connectivity index (χ1v) is 10.4. The summed E-state index contributed by atoms with van der Waals surface area (Å²) in [6.45, 7) is 2.53. The molecule has 2 aliphatic heterocycles. The molecule has 1 saturated heterocycles. The van der Waals surface area contributed by atoms with Crippen molar-refractivity contribution in [1.82, 2.24) is 9.21 Å². The van der Waals surface area contributed by atoms with E-state index in [1.807, 2.05) is 19.1 Å². The Hall–Kier alpha value is -1.96. The third-order valence-corrected chi connectivity index (χ3v) is 7.29. The van der Waals surface area contributed by atoms with E-state index in [0.29, 0.717) is 6.54 Å². The summed E-state index contributed by atoms with van der Waals surface area (Å²) in [5, 5.41) is -0.264. The highest BCUT2D eigenvalue weighted by molar-refractivity contribution is 7.89. The number of fused-ring (bicyclic) bond motifs is 3. The number of benzene rings is 2. The van der Waals surface area contributed by atoms with Gasteiger partial charge in [-0.05, 0) is 42.7 Å². The number of hydrogen-bond donors (Lipinski definition) is 0. The molecular weight excluding hydrogens is 391 g/mol. The van der Waals surface area contributed by atoms with Gasteiger partial charge in [0.25, 0.3) is 0 Å². The van der Waals surface area contributed by atoms with Crippen LogP contribution in [0.25, 0.3) is 0 Å². The van der Waals surface area contributed by atoms with Gasteiger partial charge in [-0.25, -0.2) is 12.8 Å². The Labute approximate surface area is 162 Å². The van der Waals surface area contributed by atoms with E-state index in [9.17, 15) is 17.6 Å². The molecule has 2 heterocycles. The zero-order valence-electron chi connectivity index (χ0n) is 14.7. The fraction of sp³-hybridized carbons (Fsp3) is 0.316. The van der Waals surface area contributed by atoms with Gasteiger partial charge >= 0.3 is 0 Å². The first kappa shape index (κ1) is 18.4. The summed E-state index contributed by atoms with van der Waals surface area (Å²) < 4.78 is 40.6. The van der Waals surface area contributed by atoms with Crippen molar-refractivity contribution in [2.45, 2.75) is 24.3 Å². The second kappa shape index (κ2) is 6.58. The number of aryl methyl sites for hydroxylation is 1. The van der Waals surface area contributed by atoms with Gasteiger partial charge in [0, 0.05) is 13.1 Å². The van der Waals surface area contributed by atoms with Gasteiger partial charge in [0.05, 0.1) is 22.5 Å². The summed E-state index contributed by atoms with van der Waals surface area (Å²) in [6.07, 6.45) is 0.763. The largest absolute Gasteiger partial charge is 0.333 e. The van der Waals surface area contributed by atoms with Crippen LogP contribution in [-0.2, 0) is 21.2 Å². The summed E-state index contributed by atoms with van der Waals surface area (Å²) in [6, 6.07) is 8.99. The molecule has 2 aromatic carbocycles. The monoisotopic (exact) mass is 408 g/mol. The van der Waals surface area contributed by atoms with Crippen molar-refractivity contribution in [1.29, 1.82) is 0 Å². The van der Waals surface area contributed by atoms with E-state index in [2.05, 4.69) is 6.07 Å². The lowest BCUT2D eigenvalue weighted by atomic mass is 9.90. The maximum absolute atomic E-state index is 13.4. The predicted molar refractivity (Wildman–Crippen MR) is 99.5 cm³/mol. The Bertz CT molecular complexity index is 1040. The maximum Gasteiger partial charge on any atom is 0.243 e. The number of rotatable bonds is 2. The van der Waals surface area contributed by atoms with Crippen molar-refractivity contribution in [3.05, 3.63) is 63.9 Å². The highest BCUT2D eigenvalue weighted by Crippen LogP contribution is 2.35. The topological polar surface area (TPSA) is 57.7 Å². The first-order valence-electron chi connectivity index (χ1n) is 8.61. The van der Waals surface area contributed by atoms with Crippen LogP contribution in [0.15, 0.2) is 41.3 Å². The molecule has 1 fully saturated rings. The Morgan fingerprint density at radius 2 is 1.96 bits per heavy atom. The number of halogens is 2. The SMILES string of the molecule is Cc1ccc2c(c1)CCN1C(=O)CN(S(=O)(=O)c3ccc(F)c(Cl)c3)CC21. The number of amides is 1. The third kappa shape index (κ3) is 3.13. The minimum atomic E-state index is -3.96. The third-order valence-electron chi connectivity index (χ3n) is 5.19. The molecule has 0 spiro atoms. The molecular formula is C19H18ClFN2O3S. The number of carbonyl (C=O) groups excluding carboxylic acids is 1. The van der Waals surface area contributed by atoms with Crippen LogP contribution in [0.3, 0.4) is 0 Å². The molecule has 8 heteroatoms. The van der Waals surface area contributed by atoms with Crippen molar-refractivity contribution in [2.24, 2.45) is 0 Å². The molecule has 1 unspecified atom stereocenters. The quantitative estimate of drug-likeness (QED) is 0.767.